The van der Waals surface area contributed by atoms with Crippen molar-refractivity contribution in [2.45, 2.75) is 24.5 Å². The van der Waals surface area contributed by atoms with E-state index in [-0.39, 0.29) is 11.6 Å². The summed E-state index contributed by atoms with van der Waals surface area (Å²) in [6, 6.07) is 26.6. The molecule has 0 aliphatic rings. The van der Waals surface area contributed by atoms with Crippen LogP contribution in [0.25, 0.3) is 0 Å². The fraction of sp³-hybridized carbons (Fsp3) is 0.0400. The van der Waals surface area contributed by atoms with E-state index in [2.05, 4.69) is 0 Å². The van der Waals surface area contributed by atoms with E-state index in [1.165, 1.54) is 24.3 Å². The van der Waals surface area contributed by atoms with E-state index in [9.17, 15) is 8.78 Å². The van der Waals surface area contributed by atoms with Crippen LogP contribution in [0, 0.1) is 11.6 Å². The molecule has 6 heteroatoms. The number of hydrogen-bond acceptors (Lipinski definition) is 2. The van der Waals surface area contributed by atoms with Crippen LogP contribution in [0.1, 0.15) is 0 Å². The number of methoxy groups -OCH3 is 1. The van der Waals surface area contributed by atoms with Crippen molar-refractivity contribution in [1.29, 1.82) is 0 Å². The van der Waals surface area contributed by atoms with E-state index >= 15 is 0 Å². The quantitative estimate of drug-likeness (QED) is 0.264. The lowest BCUT2D eigenvalue weighted by atomic mass is 10.3. The number of benzene rings is 4. The summed E-state index contributed by atoms with van der Waals surface area (Å²) in [4.78, 5) is 4.73. The Morgan fingerprint density at radius 3 is 2.03 bits per heavy atom. The van der Waals surface area contributed by atoms with Gasteiger partial charge in [-0.15, -0.1) is 0 Å². The van der Waals surface area contributed by atoms with Gasteiger partial charge in [0.2, 0.25) is 0 Å². The predicted molar refractivity (Wildman–Crippen MR) is 124 cm³/mol. The molecule has 0 fully saturated rings. The second-order valence-corrected chi connectivity index (χ2v) is 10.1. The molecule has 0 amide bonds. The summed E-state index contributed by atoms with van der Waals surface area (Å²) in [5, 5.41) is 0.624. The first kappa shape index (κ1) is 21.8. The SMILES string of the molecule is COc1ccc(Sc2ccc([S+](c3ccc(F)cc3)c3cccc(F)c3)cc2)c(Cl)c1. The summed E-state index contributed by atoms with van der Waals surface area (Å²) in [5.74, 6) is 0.122. The lowest BCUT2D eigenvalue weighted by Gasteiger charge is -2.10. The number of rotatable bonds is 6. The largest absolute Gasteiger partial charge is 0.497 e. The van der Waals surface area contributed by atoms with Gasteiger partial charge in [0.05, 0.1) is 23.0 Å². The molecule has 0 spiro atoms. The molecular formula is C25H18ClF2OS2+. The first-order valence-electron chi connectivity index (χ1n) is 9.40. The van der Waals surface area contributed by atoms with Crippen molar-refractivity contribution >= 4 is 34.3 Å². The third-order valence-electron chi connectivity index (χ3n) is 4.51. The molecule has 4 aromatic carbocycles. The van der Waals surface area contributed by atoms with Gasteiger partial charge in [-0.1, -0.05) is 29.4 Å². The van der Waals surface area contributed by atoms with Crippen molar-refractivity contribution in [2.75, 3.05) is 7.11 Å². The molecule has 1 unspecified atom stereocenters. The molecule has 4 rings (SSSR count). The van der Waals surface area contributed by atoms with Gasteiger partial charge in [0.1, 0.15) is 17.4 Å². The van der Waals surface area contributed by atoms with Crippen LogP contribution in [-0.2, 0) is 10.9 Å². The van der Waals surface area contributed by atoms with Crippen molar-refractivity contribution in [3.63, 3.8) is 0 Å². The highest BCUT2D eigenvalue weighted by Crippen LogP contribution is 2.37. The monoisotopic (exact) mass is 471 g/mol. The van der Waals surface area contributed by atoms with E-state index < -0.39 is 10.9 Å². The molecule has 0 heterocycles. The average Bonchev–Trinajstić information content (AvgIpc) is 2.78. The molecule has 0 N–H and O–H groups in total. The normalized spacial score (nSPS) is 11.9. The summed E-state index contributed by atoms with van der Waals surface area (Å²) >= 11 is 7.92. The van der Waals surface area contributed by atoms with Gasteiger partial charge in [-0.05, 0) is 78.9 Å². The lowest BCUT2D eigenvalue weighted by Crippen LogP contribution is -2.05. The van der Waals surface area contributed by atoms with E-state index in [0.29, 0.717) is 10.8 Å². The van der Waals surface area contributed by atoms with E-state index in [1.54, 1.807) is 43.1 Å². The topological polar surface area (TPSA) is 9.23 Å². The van der Waals surface area contributed by atoms with E-state index in [0.717, 1.165) is 24.5 Å². The summed E-state index contributed by atoms with van der Waals surface area (Å²) in [7, 11) is 1.05. The Kier molecular flexibility index (Phi) is 6.86. The molecule has 0 saturated carbocycles. The Labute approximate surface area is 192 Å². The predicted octanol–water partition coefficient (Wildman–Crippen LogP) is 7.87. The Morgan fingerprint density at radius 1 is 0.742 bits per heavy atom. The third-order valence-corrected chi connectivity index (χ3v) is 8.23. The highest BCUT2D eigenvalue weighted by Gasteiger charge is 2.29. The first-order valence-corrected chi connectivity index (χ1v) is 11.8. The molecule has 0 aliphatic heterocycles. The maximum Gasteiger partial charge on any atom is 0.169 e. The van der Waals surface area contributed by atoms with Gasteiger partial charge >= 0.3 is 0 Å². The molecule has 0 radical (unpaired) electrons. The number of halogens is 3. The van der Waals surface area contributed by atoms with Crippen molar-refractivity contribution in [1.82, 2.24) is 0 Å². The minimum Gasteiger partial charge on any atom is -0.497 e. The number of hydrogen-bond donors (Lipinski definition) is 0. The van der Waals surface area contributed by atoms with Gasteiger partial charge in [-0.25, -0.2) is 8.78 Å². The molecule has 4 aromatic rings. The smallest absolute Gasteiger partial charge is 0.169 e. The summed E-state index contributed by atoms with van der Waals surface area (Å²) < 4.78 is 32.6. The molecule has 156 valence electrons. The molecule has 0 aromatic heterocycles. The molecular weight excluding hydrogens is 454 g/mol. The van der Waals surface area contributed by atoms with Gasteiger partial charge in [-0.3, -0.25) is 0 Å². The lowest BCUT2D eigenvalue weighted by molar-refractivity contribution is 0.414. The van der Waals surface area contributed by atoms with Gasteiger partial charge in [0, 0.05) is 15.9 Å². The fourth-order valence-electron chi connectivity index (χ4n) is 3.03. The maximum absolute atomic E-state index is 13.9. The Morgan fingerprint density at radius 2 is 1.42 bits per heavy atom. The minimum atomic E-state index is -0.555. The minimum absolute atomic E-state index is 0.293. The van der Waals surface area contributed by atoms with Crippen molar-refractivity contribution in [3.8, 4) is 5.75 Å². The Balaban J connectivity index is 1.66. The van der Waals surface area contributed by atoms with Gasteiger partial charge in [0.15, 0.2) is 14.7 Å². The van der Waals surface area contributed by atoms with E-state index in [4.69, 9.17) is 16.3 Å². The molecule has 1 nitrogen and oxygen atoms in total. The molecule has 1 atom stereocenters. The van der Waals surface area contributed by atoms with Gasteiger partial charge in [-0.2, -0.15) is 0 Å². The van der Waals surface area contributed by atoms with E-state index in [1.807, 2.05) is 42.5 Å². The maximum atomic E-state index is 13.9. The zero-order chi connectivity index (χ0) is 21.8. The fourth-order valence-corrected chi connectivity index (χ4v) is 6.22. The average molecular weight is 472 g/mol. The van der Waals surface area contributed by atoms with Crippen LogP contribution < -0.4 is 4.74 Å². The van der Waals surface area contributed by atoms with Crippen LogP contribution in [0.4, 0.5) is 8.78 Å². The Bertz CT molecular complexity index is 1180. The third kappa shape index (κ3) is 5.24. The highest BCUT2D eigenvalue weighted by atomic mass is 35.5. The van der Waals surface area contributed by atoms with Crippen molar-refractivity contribution < 1.29 is 13.5 Å². The Hall–Kier alpha value is -2.47. The molecule has 0 bridgehead atoms. The molecule has 31 heavy (non-hydrogen) atoms. The number of ether oxygens (including phenoxy) is 1. The van der Waals surface area contributed by atoms with Crippen LogP contribution >= 0.6 is 23.4 Å². The molecule has 0 aliphatic carbocycles. The second kappa shape index (κ2) is 9.77. The van der Waals surface area contributed by atoms with Crippen molar-refractivity contribution in [2.24, 2.45) is 0 Å². The van der Waals surface area contributed by atoms with Crippen LogP contribution in [0.2, 0.25) is 5.02 Å². The highest BCUT2D eigenvalue weighted by molar-refractivity contribution is 7.99. The van der Waals surface area contributed by atoms with Crippen molar-refractivity contribution in [3.05, 3.63) is 108 Å². The summed E-state index contributed by atoms with van der Waals surface area (Å²) in [6.45, 7) is 0. The summed E-state index contributed by atoms with van der Waals surface area (Å²) in [5.41, 5.74) is 0. The van der Waals surface area contributed by atoms with Crippen LogP contribution in [0.5, 0.6) is 5.75 Å². The van der Waals surface area contributed by atoms with Gasteiger partial charge < -0.3 is 4.74 Å². The van der Waals surface area contributed by atoms with Gasteiger partial charge in [0.25, 0.3) is 0 Å². The second-order valence-electron chi connectivity index (χ2n) is 6.59. The zero-order valence-electron chi connectivity index (χ0n) is 16.5. The zero-order valence-corrected chi connectivity index (χ0v) is 18.9. The molecule has 0 saturated heterocycles. The van der Waals surface area contributed by atoms with Crippen LogP contribution in [0.3, 0.4) is 0 Å². The first-order chi connectivity index (χ1) is 15.0. The van der Waals surface area contributed by atoms with Crippen LogP contribution in [0.15, 0.2) is 115 Å². The summed E-state index contributed by atoms with van der Waals surface area (Å²) in [6.07, 6.45) is 0. The standard InChI is InChI=1S/C25H18ClF2OS2/c1-29-19-7-14-25(24(26)16-19)30-20-8-12-22(13-9-20)31(21-10-5-17(27)6-11-21)23-4-2-3-18(28)15-23/h2-16H,1H3/q+1. The van der Waals surface area contributed by atoms with Crippen LogP contribution in [-0.4, -0.2) is 7.11 Å².